The number of halogens is 1. The van der Waals surface area contributed by atoms with E-state index in [1.54, 1.807) is 11.3 Å². The van der Waals surface area contributed by atoms with Crippen molar-refractivity contribution in [2.45, 2.75) is 43.2 Å². The van der Waals surface area contributed by atoms with Gasteiger partial charge in [0.25, 0.3) is 0 Å². The maximum Gasteiger partial charge on any atom is 0.231 e. The van der Waals surface area contributed by atoms with E-state index in [0.717, 1.165) is 52.6 Å². The molecule has 2 aromatic carbocycles. The Bertz CT molecular complexity index is 1240. The van der Waals surface area contributed by atoms with E-state index in [1.165, 1.54) is 0 Å². The molecule has 176 valence electrons. The van der Waals surface area contributed by atoms with Gasteiger partial charge in [0.05, 0.1) is 24.0 Å². The summed E-state index contributed by atoms with van der Waals surface area (Å²) in [4.78, 5) is 21.4. The summed E-state index contributed by atoms with van der Waals surface area (Å²) in [5.41, 5.74) is 1.55. The van der Waals surface area contributed by atoms with Crippen molar-refractivity contribution in [2.75, 3.05) is 19.9 Å². The van der Waals surface area contributed by atoms with Crippen LogP contribution in [0.15, 0.2) is 48.7 Å². The van der Waals surface area contributed by atoms with Gasteiger partial charge in [-0.25, -0.2) is 4.98 Å². The normalized spacial score (nSPS) is 21.5. The Morgan fingerprint density at radius 2 is 2.06 bits per heavy atom. The summed E-state index contributed by atoms with van der Waals surface area (Å²) >= 11 is 8.13. The van der Waals surface area contributed by atoms with Gasteiger partial charge in [-0.1, -0.05) is 35.9 Å². The average molecular weight is 497 g/mol. The zero-order valence-corrected chi connectivity index (χ0v) is 20.1. The fourth-order valence-corrected chi connectivity index (χ4v) is 6.43. The quantitative estimate of drug-likeness (QED) is 0.518. The molecule has 0 amide bonds. The largest absolute Gasteiger partial charge is 0.454 e. The highest BCUT2D eigenvalue weighted by Crippen LogP contribution is 2.51. The van der Waals surface area contributed by atoms with Crippen molar-refractivity contribution in [1.29, 1.82) is 0 Å². The van der Waals surface area contributed by atoms with Crippen molar-refractivity contribution >= 4 is 28.7 Å². The number of nitrogens with zero attached hydrogens (tertiary/aromatic N) is 2. The number of aliphatic hydroxyl groups excluding tert-OH is 1. The Morgan fingerprint density at radius 1 is 1.24 bits per heavy atom. The Labute approximate surface area is 207 Å². The predicted molar refractivity (Wildman–Crippen MR) is 130 cm³/mol. The molecular formula is C26H25ClN2O4S. The molecule has 0 spiro atoms. The van der Waals surface area contributed by atoms with Crippen molar-refractivity contribution in [2.24, 2.45) is 0 Å². The van der Waals surface area contributed by atoms with Crippen LogP contribution in [-0.2, 0) is 16.6 Å². The van der Waals surface area contributed by atoms with Crippen LogP contribution in [0.2, 0.25) is 5.02 Å². The Kier molecular flexibility index (Phi) is 5.60. The Balaban J connectivity index is 1.25. The molecule has 2 fully saturated rings. The van der Waals surface area contributed by atoms with Crippen LogP contribution in [0.5, 0.6) is 11.5 Å². The maximum atomic E-state index is 13.4. The van der Waals surface area contributed by atoms with Gasteiger partial charge in [0.15, 0.2) is 11.5 Å². The van der Waals surface area contributed by atoms with Crippen molar-refractivity contribution in [1.82, 2.24) is 9.88 Å². The summed E-state index contributed by atoms with van der Waals surface area (Å²) in [7, 11) is 0. The highest BCUT2D eigenvalue weighted by atomic mass is 35.5. The molecule has 1 saturated carbocycles. The Morgan fingerprint density at radius 3 is 2.82 bits per heavy atom. The van der Waals surface area contributed by atoms with Crippen molar-refractivity contribution in [3.05, 3.63) is 74.7 Å². The SMILES string of the molecule is O=C(Cc1ncc([C@@H](c2ccccc2Cl)N2CC[C@@H](O)C2)s1)C1(c2ccc3c(c2)OCO3)CC1. The number of rotatable bonds is 7. The average Bonchev–Trinajstić information content (AvgIpc) is 3.13. The van der Waals surface area contributed by atoms with E-state index in [-0.39, 0.29) is 24.7 Å². The topological polar surface area (TPSA) is 71.9 Å². The number of thiazole rings is 1. The first-order valence-corrected chi connectivity index (χ1v) is 12.8. The lowest BCUT2D eigenvalue weighted by molar-refractivity contribution is -0.120. The third-order valence-electron chi connectivity index (χ3n) is 7.12. The Hall–Kier alpha value is -2.45. The number of aromatic nitrogens is 1. The van der Waals surface area contributed by atoms with Crippen LogP contribution >= 0.6 is 22.9 Å². The van der Waals surface area contributed by atoms with Gasteiger partial charge in [-0.3, -0.25) is 9.69 Å². The molecule has 0 unspecified atom stereocenters. The molecule has 8 heteroatoms. The first-order valence-electron chi connectivity index (χ1n) is 11.6. The van der Waals surface area contributed by atoms with Gasteiger partial charge < -0.3 is 14.6 Å². The van der Waals surface area contributed by atoms with E-state index in [4.69, 9.17) is 21.1 Å². The van der Waals surface area contributed by atoms with Gasteiger partial charge in [-0.2, -0.15) is 0 Å². The minimum atomic E-state index is -0.450. The lowest BCUT2D eigenvalue weighted by atomic mass is 9.89. The van der Waals surface area contributed by atoms with E-state index < -0.39 is 5.41 Å². The predicted octanol–water partition coefficient (Wildman–Crippen LogP) is 4.52. The van der Waals surface area contributed by atoms with Crippen LogP contribution in [0.1, 0.15) is 46.3 Å². The summed E-state index contributed by atoms with van der Waals surface area (Å²) in [6, 6.07) is 13.6. The monoisotopic (exact) mass is 496 g/mol. The summed E-state index contributed by atoms with van der Waals surface area (Å²) in [5.74, 6) is 1.64. The molecule has 1 saturated heterocycles. The van der Waals surface area contributed by atoms with Gasteiger partial charge in [0.1, 0.15) is 10.8 Å². The lowest BCUT2D eigenvalue weighted by Gasteiger charge is -2.27. The highest BCUT2D eigenvalue weighted by Gasteiger charge is 2.51. The molecule has 0 bridgehead atoms. The summed E-state index contributed by atoms with van der Waals surface area (Å²) in [5, 5.41) is 11.7. The van der Waals surface area contributed by atoms with Crippen molar-refractivity contribution in [3.63, 3.8) is 0 Å². The number of benzene rings is 2. The number of hydrogen-bond acceptors (Lipinski definition) is 7. The molecule has 1 aliphatic carbocycles. The zero-order valence-electron chi connectivity index (χ0n) is 18.6. The van der Waals surface area contributed by atoms with Gasteiger partial charge in [0, 0.05) is 29.2 Å². The van der Waals surface area contributed by atoms with Gasteiger partial charge in [-0.05, 0) is 48.6 Å². The zero-order chi connectivity index (χ0) is 23.3. The van der Waals surface area contributed by atoms with Gasteiger partial charge >= 0.3 is 0 Å². The number of likely N-dealkylation sites (tertiary alicyclic amines) is 1. The second-order valence-electron chi connectivity index (χ2n) is 9.27. The number of hydrogen-bond donors (Lipinski definition) is 1. The summed E-state index contributed by atoms with van der Waals surface area (Å²) in [6.45, 7) is 1.61. The first-order chi connectivity index (χ1) is 16.5. The molecule has 3 aromatic rings. The van der Waals surface area contributed by atoms with Crippen LogP contribution in [-0.4, -0.2) is 46.8 Å². The molecule has 2 atom stereocenters. The number of ether oxygens (including phenoxy) is 2. The van der Waals surface area contributed by atoms with Crippen molar-refractivity contribution in [3.8, 4) is 11.5 Å². The highest BCUT2D eigenvalue weighted by molar-refractivity contribution is 7.11. The number of ketones is 1. The van der Waals surface area contributed by atoms with Crippen molar-refractivity contribution < 1.29 is 19.4 Å². The molecule has 3 aliphatic rings. The van der Waals surface area contributed by atoms with Crippen LogP contribution in [0.4, 0.5) is 0 Å². The van der Waals surface area contributed by atoms with E-state index in [9.17, 15) is 9.90 Å². The first kappa shape index (κ1) is 22.0. The minimum absolute atomic E-state index is 0.0871. The second-order valence-corrected chi connectivity index (χ2v) is 10.8. The van der Waals surface area contributed by atoms with E-state index >= 15 is 0 Å². The standard InChI is InChI=1S/C26H25ClN2O4S/c27-19-4-2-1-3-18(19)25(29-10-7-17(30)14-29)22-13-28-24(34-22)12-23(31)26(8-9-26)16-5-6-20-21(11-16)33-15-32-20/h1-6,11,13,17,25,30H,7-10,12,14-15H2/t17-,25-/m1/s1. The summed E-state index contributed by atoms with van der Waals surface area (Å²) in [6.07, 6.45) is 4.26. The third-order valence-corrected chi connectivity index (χ3v) is 8.52. The van der Waals surface area contributed by atoms with Crippen LogP contribution in [0.3, 0.4) is 0 Å². The maximum absolute atomic E-state index is 13.4. The smallest absolute Gasteiger partial charge is 0.231 e. The number of carbonyl (C=O) groups is 1. The molecule has 2 aliphatic heterocycles. The second kappa shape index (κ2) is 8.64. The van der Waals surface area contributed by atoms with Gasteiger partial charge in [0.2, 0.25) is 6.79 Å². The lowest BCUT2D eigenvalue weighted by Crippen LogP contribution is -2.28. The molecular weight excluding hydrogens is 472 g/mol. The van der Waals surface area contributed by atoms with E-state index in [0.29, 0.717) is 23.7 Å². The molecule has 6 rings (SSSR count). The fourth-order valence-electron chi connectivity index (χ4n) is 5.12. The molecule has 6 nitrogen and oxygen atoms in total. The molecule has 1 N–H and O–H groups in total. The summed E-state index contributed by atoms with van der Waals surface area (Å²) < 4.78 is 10.9. The third kappa shape index (κ3) is 3.90. The number of aliphatic hydroxyl groups is 1. The van der Waals surface area contributed by atoms with Crippen LogP contribution < -0.4 is 9.47 Å². The van der Waals surface area contributed by atoms with Crippen LogP contribution in [0, 0.1) is 0 Å². The minimum Gasteiger partial charge on any atom is -0.454 e. The number of β-amino-alcohol motifs (C(OH)–C–C–N with tert-alkyl or cyclic N) is 1. The number of fused-ring (bicyclic) bond motifs is 1. The van der Waals surface area contributed by atoms with Crippen LogP contribution in [0.25, 0.3) is 0 Å². The van der Waals surface area contributed by atoms with Gasteiger partial charge in [-0.15, -0.1) is 11.3 Å². The molecule has 0 radical (unpaired) electrons. The molecule has 1 aromatic heterocycles. The van der Waals surface area contributed by atoms with E-state index in [1.807, 2.05) is 48.7 Å². The number of carbonyl (C=O) groups excluding carboxylic acids is 1. The van der Waals surface area contributed by atoms with E-state index in [2.05, 4.69) is 9.88 Å². The number of Topliss-reactive ketones (excluding diaryl/α,β-unsaturated/α-hetero) is 1. The molecule has 34 heavy (non-hydrogen) atoms. The molecule has 3 heterocycles. The fraction of sp³-hybridized carbons (Fsp3) is 0.385.